The summed E-state index contributed by atoms with van der Waals surface area (Å²) in [6, 6.07) is 7.08. The van der Waals surface area contributed by atoms with E-state index in [1.807, 2.05) is 12.1 Å². The Morgan fingerprint density at radius 3 is 2.29 bits per heavy atom. The second kappa shape index (κ2) is 7.04. The SMILES string of the molecule is NS(=O)(=O)Cc1ccc(CNC(=O)CC2CCCC2)cc1. The number of carbonyl (C=O) groups is 1. The van der Waals surface area contributed by atoms with Crippen LogP contribution in [0.25, 0.3) is 0 Å². The van der Waals surface area contributed by atoms with Crippen LogP contribution in [0.1, 0.15) is 43.2 Å². The number of carbonyl (C=O) groups excluding carboxylic acids is 1. The molecule has 0 heterocycles. The van der Waals surface area contributed by atoms with Crippen LogP contribution in [-0.2, 0) is 27.1 Å². The molecule has 1 aliphatic rings. The van der Waals surface area contributed by atoms with E-state index in [1.54, 1.807) is 12.1 Å². The largest absolute Gasteiger partial charge is 0.352 e. The van der Waals surface area contributed by atoms with Crippen LogP contribution < -0.4 is 10.5 Å². The molecule has 0 atom stereocenters. The maximum atomic E-state index is 11.8. The van der Waals surface area contributed by atoms with Gasteiger partial charge in [0.05, 0.1) is 5.75 Å². The minimum Gasteiger partial charge on any atom is -0.352 e. The Bertz CT molecular complexity index is 575. The Hall–Kier alpha value is -1.40. The molecule has 1 saturated carbocycles. The van der Waals surface area contributed by atoms with Crippen LogP contribution in [0.3, 0.4) is 0 Å². The standard InChI is InChI=1S/C15H22N2O3S/c16-21(19,20)11-14-7-5-13(6-8-14)10-17-15(18)9-12-3-1-2-4-12/h5-8,12H,1-4,9-11H2,(H,17,18)(H2,16,19,20). The summed E-state index contributed by atoms with van der Waals surface area (Å²) in [5, 5.41) is 7.91. The number of nitrogens with two attached hydrogens (primary N) is 1. The molecule has 1 fully saturated rings. The van der Waals surface area contributed by atoms with Crippen molar-refractivity contribution in [1.29, 1.82) is 0 Å². The molecule has 3 N–H and O–H groups in total. The molecule has 21 heavy (non-hydrogen) atoms. The Morgan fingerprint density at radius 1 is 1.14 bits per heavy atom. The Labute approximate surface area is 126 Å². The fourth-order valence-corrected chi connectivity index (χ4v) is 3.39. The topological polar surface area (TPSA) is 89.3 Å². The van der Waals surface area contributed by atoms with E-state index in [1.165, 1.54) is 12.8 Å². The molecule has 0 aromatic heterocycles. The Kier molecular flexibility index (Phi) is 5.36. The number of nitrogens with one attached hydrogen (secondary N) is 1. The molecule has 2 rings (SSSR count). The summed E-state index contributed by atoms with van der Waals surface area (Å²) in [4.78, 5) is 11.8. The van der Waals surface area contributed by atoms with Crippen LogP contribution >= 0.6 is 0 Å². The molecule has 1 aromatic rings. The first kappa shape index (κ1) is 16.0. The van der Waals surface area contributed by atoms with E-state index in [-0.39, 0.29) is 11.7 Å². The summed E-state index contributed by atoms with van der Waals surface area (Å²) >= 11 is 0. The van der Waals surface area contributed by atoms with Gasteiger partial charge in [0.15, 0.2) is 0 Å². The van der Waals surface area contributed by atoms with E-state index in [2.05, 4.69) is 5.32 Å². The highest BCUT2D eigenvalue weighted by atomic mass is 32.2. The van der Waals surface area contributed by atoms with Crippen LogP contribution in [0.2, 0.25) is 0 Å². The van der Waals surface area contributed by atoms with Crippen molar-refractivity contribution in [3.8, 4) is 0 Å². The Morgan fingerprint density at radius 2 is 1.71 bits per heavy atom. The quantitative estimate of drug-likeness (QED) is 0.837. The van der Waals surface area contributed by atoms with Crippen molar-refractivity contribution in [1.82, 2.24) is 5.32 Å². The number of rotatable bonds is 6. The van der Waals surface area contributed by atoms with Gasteiger partial charge in [0.25, 0.3) is 0 Å². The third-order valence-corrected chi connectivity index (χ3v) is 4.57. The summed E-state index contributed by atoms with van der Waals surface area (Å²) in [6.45, 7) is 0.473. The molecule has 0 spiro atoms. The summed E-state index contributed by atoms with van der Waals surface area (Å²) < 4.78 is 22.0. The first-order valence-corrected chi connectivity index (χ1v) is 8.99. The molecule has 1 aromatic carbocycles. The smallest absolute Gasteiger partial charge is 0.220 e. The third kappa shape index (κ3) is 5.85. The summed E-state index contributed by atoms with van der Waals surface area (Å²) in [6.07, 6.45) is 5.42. The molecule has 5 nitrogen and oxygen atoms in total. The minimum absolute atomic E-state index is 0.0931. The predicted octanol–water partition coefficient (Wildman–Crippen LogP) is 1.67. The zero-order valence-corrected chi connectivity index (χ0v) is 12.9. The number of hydrogen-bond donors (Lipinski definition) is 2. The summed E-state index contributed by atoms with van der Waals surface area (Å²) in [7, 11) is -3.50. The molecular formula is C15H22N2O3S. The lowest BCUT2D eigenvalue weighted by Crippen LogP contribution is -2.24. The van der Waals surface area contributed by atoms with Crippen molar-refractivity contribution in [3.63, 3.8) is 0 Å². The maximum Gasteiger partial charge on any atom is 0.220 e. The van der Waals surface area contributed by atoms with Crippen molar-refractivity contribution in [2.24, 2.45) is 11.1 Å². The van der Waals surface area contributed by atoms with Gasteiger partial charge in [0.2, 0.25) is 15.9 Å². The molecule has 0 saturated heterocycles. The van der Waals surface area contributed by atoms with Gasteiger partial charge in [0.1, 0.15) is 0 Å². The van der Waals surface area contributed by atoms with Gasteiger partial charge < -0.3 is 5.32 Å². The molecule has 0 bridgehead atoms. The molecule has 116 valence electrons. The molecule has 0 aliphatic heterocycles. The minimum atomic E-state index is -3.50. The lowest BCUT2D eigenvalue weighted by atomic mass is 10.0. The van der Waals surface area contributed by atoms with Crippen LogP contribution in [0.4, 0.5) is 0 Å². The van der Waals surface area contributed by atoms with E-state index < -0.39 is 10.0 Å². The molecule has 6 heteroatoms. The highest BCUT2D eigenvalue weighted by Gasteiger charge is 2.18. The Balaban J connectivity index is 1.79. The van der Waals surface area contributed by atoms with Crippen LogP contribution in [0, 0.1) is 5.92 Å². The van der Waals surface area contributed by atoms with E-state index in [0.29, 0.717) is 24.4 Å². The van der Waals surface area contributed by atoms with E-state index in [4.69, 9.17) is 5.14 Å². The zero-order valence-electron chi connectivity index (χ0n) is 12.0. The van der Waals surface area contributed by atoms with Crippen molar-refractivity contribution >= 4 is 15.9 Å². The van der Waals surface area contributed by atoms with Crippen LogP contribution in [0.15, 0.2) is 24.3 Å². The average molecular weight is 310 g/mol. The lowest BCUT2D eigenvalue weighted by Gasteiger charge is -2.10. The normalized spacial score (nSPS) is 16.0. The number of primary sulfonamides is 1. The van der Waals surface area contributed by atoms with Crippen molar-refractivity contribution < 1.29 is 13.2 Å². The van der Waals surface area contributed by atoms with E-state index in [0.717, 1.165) is 18.4 Å². The molecule has 1 amide bonds. The predicted molar refractivity (Wildman–Crippen MR) is 81.7 cm³/mol. The van der Waals surface area contributed by atoms with Gasteiger partial charge in [-0.3, -0.25) is 4.79 Å². The fourth-order valence-electron chi connectivity index (χ4n) is 2.74. The van der Waals surface area contributed by atoms with Gasteiger partial charge in [-0.05, 0) is 29.9 Å². The summed E-state index contributed by atoms with van der Waals surface area (Å²) in [5.41, 5.74) is 1.60. The van der Waals surface area contributed by atoms with Gasteiger partial charge in [-0.25, -0.2) is 13.6 Å². The van der Waals surface area contributed by atoms with E-state index in [9.17, 15) is 13.2 Å². The van der Waals surface area contributed by atoms with Crippen molar-refractivity contribution in [2.45, 2.75) is 44.4 Å². The number of sulfonamides is 1. The second-order valence-corrected chi connectivity index (χ2v) is 7.37. The molecular weight excluding hydrogens is 288 g/mol. The zero-order chi connectivity index (χ0) is 15.3. The number of hydrogen-bond acceptors (Lipinski definition) is 3. The highest BCUT2D eigenvalue weighted by molar-refractivity contribution is 7.88. The highest BCUT2D eigenvalue weighted by Crippen LogP contribution is 2.27. The lowest BCUT2D eigenvalue weighted by molar-refractivity contribution is -0.122. The van der Waals surface area contributed by atoms with E-state index >= 15 is 0 Å². The van der Waals surface area contributed by atoms with Gasteiger partial charge in [0, 0.05) is 13.0 Å². The third-order valence-electron chi connectivity index (χ3n) is 3.83. The fraction of sp³-hybridized carbons (Fsp3) is 0.533. The molecule has 0 radical (unpaired) electrons. The van der Waals surface area contributed by atoms with Gasteiger partial charge in [-0.2, -0.15) is 0 Å². The summed E-state index contributed by atoms with van der Waals surface area (Å²) in [5.74, 6) is 0.471. The number of benzene rings is 1. The first-order chi connectivity index (χ1) is 9.92. The monoisotopic (exact) mass is 310 g/mol. The van der Waals surface area contributed by atoms with Crippen LogP contribution in [-0.4, -0.2) is 14.3 Å². The molecule has 1 aliphatic carbocycles. The van der Waals surface area contributed by atoms with Gasteiger partial charge in [-0.15, -0.1) is 0 Å². The van der Waals surface area contributed by atoms with Crippen LogP contribution in [0.5, 0.6) is 0 Å². The molecule has 0 unspecified atom stereocenters. The van der Waals surface area contributed by atoms with Gasteiger partial charge in [-0.1, -0.05) is 37.1 Å². The van der Waals surface area contributed by atoms with Gasteiger partial charge >= 0.3 is 0 Å². The second-order valence-electron chi connectivity index (χ2n) is 5.76. The maximum absolute atomic E-state index is 11.8. The van der Waals surface area contributed by atoms with Crippen molar-refractivity contribution in [2.75, 3.05) is 0 Å². The average Bonchev–Trinajstić information content (AvgIpc) is 2.89. The van der Waals surface area contributed by atoms with Crippen molar-refractivity contribution in [3.05, 3.63) is 35.4 Å². The number of amides is 1. The first-order valence-electron chi connectivity index (χ1n) is 7.27.